The first kappa shape index (κ1) is 19.6. The Bertz CT molecular complexity index is 485. The van der Waals surface area contributed by atoms with Crippen LogP contribution in [0.5, 0.6) is 0 Å². The van der Waals surface area contributed by atoms with Crippen LogP contribution in [0.4, 0.5) is 0 Å². The minimum atomic E-state index is 0. The van der Waals surface area contributed by atoms with Crippen molar-refractivity contribution in [3.63, 3.8) is 0 Å². The Hall–Kier alpha value is -0.760. The lowest BCUT2D eigenvalue weighted by Gasteiger charge is -2.25. The third kappa shape index (κ3) is 5.37. The van der Waals surface area contributed by atoms with Gasteiger partial charge < -0.3 is 14.6 Å². The van der Waals surface area contributed by atoms with Gasteiger partial charge in [-0.3, -0.25) is 9.89 Å². The molecule has 2 saturated heterocycles. The number of nitrogens with zero attached hydrogens (tertiary/aromatic N) is 3. The third-order valence-electron chi connectivity index (χ3n) is 4.84. The predicted octanol–water partition coefficient (Wildman–Crippen LogP) is 2.97. The molecule has 136 valence electrons. The minimum absolute atomic E-state index is 0. The Balaban J connectivity index is 0.00000208. The summed E-state index contributed by atoms with van der Waals surface area (Å²) in [5.74, 6) is 2.11. The van der Waals surface area contributed by atoms with Gasteiger partial charge in [0.05, 0.1) is 6.26 Å². The van der Waals surface area contributed by atoms with Crippen LogP contribution < -0.4 is 5.32 Å². The second kappa shape index (κ2) is 10.3. The molecule has 3 heterocycles. The van der Waals surface area contributed by atoms with Gasteiger partial charge in [-0.15, -0.1) is 24.0 Å². The Morgan fingerprint density at radius 2 is 2.17 bits per heavy atom. The topological polar surface area (TPSA) is 44.0 Å². The second-order valence-electron chi connectivity index (χ2n) is 6.59. The van der Waals surface area contributed by atoms with Gasteiger partial charge in [0.25, 0.3) is 0 Å². The summed E-state index contributed by atoms with van der Waals surface area (Å²) >= 11 is 0. The molecule has 1 aromatic rings. The van der Waals surface area contributed by atoms with Crippen molar-refractivity contribution in [3.8, 4) is 0 Å². The second-order valence-corrected chi connectivity index (χ2v) is 6.59. The van der Waals surface area contributed by atoms with Crippen LogP contribution in [0, 0.1) is 0 Å². The summed E-state index contributed by atoms with van der Waals surface area (Å²) in [7, 11) is 0. The Morgan fingerprint density at radius 3 is 2.88 bits per heavy atom. The van der Waals surface area contributed by atoms with Crippen molar-refractivity contribution in [1.82, 2.24) is 15.1 Å². The lowest BCUT2D eigenvalue weighted by molar-refractivity contribution is 0.249. The normalized spacial score (nSPS) is 22.0. The van der Waals surface area contributed by atoms with Crippen LogP contribution in [0.2, 0.25) is 0 Å². The number of halogens is 1. The number of guanidine groups is 1. The van der Waals surface area contributed by atoms with E-state index in [4.69, 9.17) is 9.41 Å². The number of rotatable bonds is 6. The van der Waals surface area contributed by atoms with Crippen LogP contribution in [-0.4, -0.2) is 61.1 Å². The largest absolute Gasteiger partial charge is 0.469 e. The lowest BCUT2D eigenvalue weighted by Crippen LogP contribution is -2.43. The molecule has 1 unspecified atom stereocenters. The van der Waals surface area contributed by atoms with Crippen molar-refractivity contribution in [1.29, 1.82) is 0 Å². The van der Waals surface area contributed by atoms with Gasteiger partial charge in [0.2, 0.25) is 0 Å². The number of hydrogen-bond donors (Lipinski definition) is 1. The summed E-state index contributed by atoms with van der Waals surface area (Å²) in [6.07, 6.45) is 7.74. The molecule has 1 N–H and O–H groups in total. The van der Waals surface area contributed by atoms with E-state index in [1.54, 1.807) is 6.26 Å². The highest BCUT2D eigenvalue weighted by Crippen LogP contribution is 2.20. The fourth-order valence-electron chi connectivity index (χ4n) is 3.58. The summed E-state index contributed by atoms with van der Waals surface area (Å²) in [4.78, 5) is 9.90. The lowest BCUT2D eigenvalue weighted by atomic mass is 10.2. The number of hydrogen-bond acceptors (Lipinski definition) is 3. The molecule has 24 heavy (non-hydrogen) atoms. The zero-order valence-corrected chi connectivity index (χ0v) is 17.1. The fourth-order valence-corrected chi connectivity index (χ4v) is 3.58. The van der Waals surface area contributed by atoms with Gasteiger partial charge in [0.15, 0.2) is 5.96 Å². The molecule has 2 aliphatic rings. The highest BCUT2D eigenvalue weighted by Gasteiger charge is 2.30. The van der Waals surface area contributed by atoms with E-state index in [0.29, 0.717) is 0 Å². The molecule has 0 aliphatic carbocycles. The third-order valence-corrected chi connectivity index (χ3v) is 4.84. The average molecular weight is 446 g/mol. The summed E-state index contributed by atoms with van der Waals surface area (Å²) in [6, 6.07) is 4.70. The van der Waals surface area contributed by atoms with Gasteiger partial charge in [-0.05, 0) is 50.9 Å². The maximum Gasteiger partial charge on any atom is 0.193 e. The number of nitrogens with one attached hydrogen (secondary N) is 1. The first-order valence-electron chi connectivity index (χ1n) is 9.16. The van der Waals surface area contributed by atoms with E-state index in [1.165, 1.54) is 32.4 Å². The van der Waals surface area contributed by atoms with Gasteiger partial charge >= 0.3 is 0 Å². The van der Waals surface area contributed by atoms with Crippen LogP contribution in [0.15, 0.2) is 27.8 Å². The maximum atomic E-state index is 5.41. The SMILES string of the molecule is CCCN=C(NCCc1ccco1)N1CCC(N2CCCC2)C1.I. The van der Waals surface area contributed by atoms with E-state index in [-0.39, 0.29) is 24.0 Å². The van der Waals surface area contributed by atoms with Crippen molar-refractivity contribution in [2.75, 3.05) is 39.3 Å². The molecule has 0 amide bonds. The molecule has 0 radical (unpaired) electrons. The molecule has 6 heteroatoms. The Labute approximate surface area is 162 Å². The van der Waals surface area contributed by atoms with E-state index < -0.39 is 0 Å². The van der Waals surface area contributed by atoms with Gasteiger partial charge in [0, 0.05) is 38.6 Å². The molecule has 1 atom stereocenters. The van der Waals surface area contributed by atoms with Crippen molar-refractivity contribution in [2.24, 2.45) is 4.99 Å². The van der Waals surface area contributed by atoms with Gasteiger partial charge in [-0.25, -0.2) is 0 Å². The van der Waals surface area contributed by atoms with Gasteiger partial charge in [-0.2, -0.15) is 0 Å². The zero-order chi connectivity index (χ0) is 15.9. The van der Waals surface area contributed by atoms with Crippen molar-refractivity contribution in [3.05, 3.63) is 24.2 Å². The van der Waals surface area contributed by atoms with Crippen LogP contribution >= 0.6 is 24.0 Å². The molecule has 0 saturated carbocycles. The minimum Gasteiger partial charge on any atom is -0.469 e. The molecule has 0 bridgehead atoms. The van der Waals surface area contributed by atoms with Crippen LogP contribution in [0.25, 0.3) is 0 Å². The molecule has 0 aromatic carbocycles. The molecular formula is C18H31IN4O. The quantitative estimate of drug-likeness (QED) is 0.415. The van der Waals surface area contributed by atoms with Crippen molar-refractivity contribution >= 4 is 29.9 Å². The monoisotopic (exact) mass is 446 g/mol. The number of aliphatic imine (C=N–C) groups is 1. The van der Waals surface area contributed by atoms with E-state index in [0.717, 1.165) is 56.8 Å². The van der Waals surface area contributed by atoms with Gasteiger partial charge in [-0.1, -0.05) is 6.92 Å². The first-order valence-corrected chi connectivity index (χ1v) is 9.16. The maximum absolute atomic E-state index is 5.41. The smallest absolute Gasteiger partial charge is 0.193 e. The van der Waals surface area contributed by atoms with E-state index in [2.05, 4.69) is 22.0 Å². The predicted molar refractivity (Wildman–Crippen MR) is 109 cm³/mol. The first-order chi connectivity index (χ1) is 11.4. The van der Waals surface area contributed by atoms with E-state index in [1.807, 2.05) is 12.1 Å². The average Bonchev–Trinajstić information content (AvgIpc) is 3.32. The molecule has 2 fully saturated rings. The van der Waals surface area contributed by atoms with Crippen molar-refractivity contribution in [2.45, 2.75) is 45.1 Å². The van der Waals surface area contributed by atoms with E-state index >= 15 is 0 Å². The summed E-state index contributed by atoms with van der Waals surface area (Å²) < 4.78 is 5.41. The molecule has 5 nitrogen and oxygen atoms in total. The summed E-state index contributed by atoms with van der Waals surface area (Å²) in [6.45, 7) is 8.77. The summed E-state index contributed by atoms with van der Waals surface area (Å²) in [5, 5.41) is 3.54. The van der Waals surface area contributed by atoms with Crippen LogP contribution in [0.1, 0.15) is 38.4 Å². The Morgan fingerprint density at radius 1 is 1.33 bits per heavy atom. The Kier molecular flexibility index (Phi) is 8.38. The highest BCUT2D eigenvalue weighted by atomic mass is 127. The summed E-state index contributed by atoms with van der Waals surface area (Å²) in [5.41, 5.74) is 0. The molecule has 0 spiro atoms. The molecular weight excluding hydrogens is 415 g/mol. The number of likely N-dealkylation sites (tertiary alicyclic amines) is 2. The molecule has 2 aliphatic heterocycles. The van der Waals surface area contributed by atoms with Gasteiger partial charge in [0.1, 0.15) is 5.76 Å². The number of furan rings is 1. The van der Waals surface area contributed by atoms with E-state index in [9.17, 15) is 0 Å². The molecule has 1 aromatic heterocycles. The zero-order valence-electron chi connectivity index (χ0n) is 14.7. The fraction of sp³-hybridized carbons (Fsp3) is 0.722. The van der Waals surface area contributed by atoms with Crippen LogP contribution in [-0.2, 0) is 6.42 Å². The highest BCUT2D eigenvalue weighted by molar-refractivity contribution is 14.0. The standard InChI is InChI=1S/C18H30N4O.HI/c1-2-9-19-18(20-10-7-17-6-5-14-23-17)22-13-8-16(15-22)21-11-3-4-12-21;/h5-6,14,16H,2-4,7-13,15H2,1H3,(H,19,20);1H. The molecule has 3 rings (SSSR count). The van der Waals surface area contributed by atoms with Crippen LogP contribution in [0.3, 0.4) is 0 Å². The van der Waals surface area contributed by atoms with Crippen molar-refractivity contribution < 1.29 is 4.42 Å².